The molecule has 0 aromatic rings. The standard InChI is InChI=1S/C8H16O3S.Na/c1-3-5-8(6-4-2)7-12(9,10)11;/h3,8H,1,4-7H2,2H3,(H,9,10,11);/q;+1/p-1. The third kappa shape index (κ3) is 10.6. The van der Waals surface area contributed by atoms with Crippen molar-refractivity contribution >= 4 is 10.1 Å². The van der Waals surface area contributed by atoms with Gasteiger partial charge in [-0.1, -0.05) is 19.4 Å². The Morgan fingerprint density at radius 1 is 1.54 bits per heavy atom. The Hall–Kier alpha value is 0.650. The number of rotatable bonds is 6. The Morgan fingerprint density at radius 3 is 2.38 bits per heavy atom. The van der Waals surface area contributed by atoms with Crippen LogP contribution in [0.15, 0.2) is 12.7 Å². The van der Waals surface area contributed by atoms with Gasteiger partial charge in [0, 0.05) is 5.75 Å². The number of hydrogen-bond acceptors (Lipinski definition) is 3. The maximum Gasteiger partial charge on any atom is 1.00 e. The SMILES string of the molecule is C=CCC(CCC)CS(=O)(=O)[O-].[Na+]. The van der Waals surface area contributed by atoms with Crippen molar-refractivity contribution in [1.29, 1.82) is 0 Å². The Morgan fingerprint density at radius 2 is 2.08 bits per heavy atom. The van der Waals surface area contributed by atoms with E-state index in [2.05, 4.69) is 6.58 Å². The third-order valence-electron chi connectivity index (χ3n) is 1.64. The molecule has 72 valence electrons. The Bertz CT molecular complexity index is 224. The van der Waals surface area contributed by atoms with Gasteiger partial charge in [-0.2, -0.15) is 0 Å². The van der Waals surface area contributed by atoms with Gasteiger partial charge < -0.3 is 4.55 Å². The van der Waals surface area contributed by atoms with E-state index in [4.69, 9.17) is 0 Å². The summed E-state index contributed by atoms with van der Waals surface area (Å²) in [5.74, 6) is -0.303. The van der Waals surface area contributed by atoms with Crippen molar-refractivity contribution in [3.8, 4) is 0 Å². The zero-order valence-electron chi connectivity index (χ0n) is 8.32. The molecule has 0 aromatic carbocycles. The van der Waals surface area contributed by atoms with E-state index in [1.165, 1.54) is 0 Å². The minimum atomic E-state index is -4.07. The molecule has 0 bridgehead atoms. The van der Waals surface area contributed by atoms with E-state index in [1.807, 2.05) is 6.92 Å². The van der Waals surface area contributed by atoms with Crippen LogP contribution in [0.5, 0.6) is 0 Å². The summed E-state index contributed by atoms with van der Waals surface area (Å²) < 4.78 is 31.2. The predicted octanol–water partition coefficient (Wildman–Crippen LogP) is -1.47. The summed E-state index contributed by atoms with van der Waals surface area (Å²) in [6.07, 6.45) is 3.93. The van der Waals surface area contributed by atoms with Gasteiger partial charge in [-0.3, -0.25) is 0 Å². The maximum absolute atomic E-state index is 10.4. The summed E-state index contributed by atoms with van der Waals surface area (Å²) in [5, 5.41) is 0. The van der Waals surface area contributed by atoms with Gasteiger partial charge in [-0.05, 0) is 18.8 Å². The number of hydrogen-bond donors (Lipinski definition) is 0. The summed E-state index contributed by atoms with van der Waals surface area (Å²) in [4.78, 5) is 0. The summed E-state index contributed by atoms with van der Waals surface area (Å²) in [7, 11) is -4.07. The fourth-order valence-corrected chi connectivity index (χ4v) is 2.08. The van der Waals surface area contributed by atoms with Crippen molar-refractivity contribution in [2.75, 3.05) is 5.75 Å². The van der Waals surface area contributed by atoms with Crippen molar-refractivity contribution in [3.05, 3.63) is 12.7 Å². The van der Waals surface area contributed by atoms with E-state index < -0.39 is 10.1 Å². The molecule has 0 saturated carbocycles. The van der Waals surface area contributed by atoms with Crippen LogP contribution in [0, 0.1) is 5.92 Å². The van der Waals surface area contributed by atoms with Gasteiger partial charge in [-0.25, -0.2) is 8.42 Å². The van der Waals surface area contributed by atoms with Crippen molar-refractivity contribution in [3.63, 3.8) is 0 Å². The van der Waals surface area contributed by atoms with Crippen LogP contribution < -0.4 is 29.6 Å². The summed E-state index contributed by atoms with van der Waals surface area (Å²) in [5.41, 5.74) is 0. The fourth-order valence-electron chi connectivity index (χ4n) is 1.20. The van der Waals surface area contributed by atoms with E-state index in [0.29, 0.717) is 6.42 Å². The molecule has 1 atom stereocenters. The van der Waals surface area contributed by atoms with Crippen LogP contribution in [0.1, 0.15) is 26.2 Å². The zero-order valence-corrected chi connectivity index (χ0v) is 11.1. The van der Waals surface area contributed by atoms with Crippen LogP contribution >= 0.6 is 0 Å². The first-order valence-electron chi connectivity index (χ1n) is 4.04. The zero-order chi connectivity index (χ0) is 9.61. The number of allylic oxidation sites excluding steroid dienone is 1. The largest absolute Gasteiger partial charge is 1.00 e. The molecule has 3 nitrogen and oxygen atoms in total. The molecule has 0 aliphatic carbocycles. The monoisotopic (exact) mass is 214 g/mol. The molecule has 5 heteroatoms. The van der Waals surface area contributed by atoms with Crippen LogP contribution in [0.4, 0.5) is 0 Å². The van der Waals surface area contributed by atoms with Crippen LogP contribution in [0.2, 0.25) is 0 Å². The molecular formula is C8H15NaO3S. The first kappa shape index (κ1) is 16.1. The quantitative estimate of drug-likeness (QED) is 0.308. The molecule has 0 aliphatic heterocycles. The average Bonchev–Trinajstić information content (AvgIpc) is 1.84. The summed E-state index contributed by atoms with van der Waals surface area (Å²) >= 11 is 0. The minimum Gasteiger partial charge on any atom is -0.748 e. The first-order valence-corrected chi connectivity index (χ1v) is 5.61. The third-order valence-corrected chi connectivity index (χ3v) is 2.52. The van der Waals surface area contributed by atoms with Gasteiger partial charge in [-0.15, -0.1) is 6.58 Å². The second-order valence-corrected chi connectivity index (χ2v) is 4.35. The molecule has 0 fully saturated rings. The van der Waals surface area contributed by atoms with Crippen molar-refractivity contribution < 1.29 is 42.5 Å². The molecule has 0 amide bonds. The van der Waals surface area contributed by atoms with Crippen LogP contribution in [0.3, 0.4) is 0 Å². The van der Waals surface area contributed by atoms with E-state index >= 15 is 0 Å². The second kappa shape index (κ2) is 8.00. The van der Waals surface area contributed by atoms with E-state index in [0.717, 1.165) is 12.8 Å². The van der Waals surface area contributed by atoms with Crippen molar-refractivity contribution in [2.24, 2.45) is 5.92 Å². The molecule has 0 radical (unpaired) electrons. The first-order chi connectivity index (χ1) is 5.49. The smallest absolute Gasteiger partial charge is 0.748 e. The molecule has 0 saturated heterocycles. The summed E-state index contributed by atoms with van der Waals surface area (Å²) in [6.45, 7) is 5.48. The van der Waals surface area contributed by atoms with E-state index in [9.17, 15) is 13.0 Å². The Balaban J connectivity index is 0. The van der Waals surface area contributed by atoms with E-state index in [-0.39, 0.29) is 41.2 Å². The average molecular weight is 214 g/mol. The molecule has 0 N–H and O–H groups in total. The van der Waals surface area contributed by atoms with Gasteiger partial charge in [0.2, 0.25) is 0 Å². The minimum absolute atomic E-state index is 0. The van der Waals surface area contributed by atoms with Crippen molar-refractivity contribution in [1.82, 2.24) is 0 Å². The maximum atomic E-state index is 10.4. The van der Waals surface area contributed by atoms with Crippen LogP contribution in [-0.4, -0.2) is 18.7 Å². The molecular weight excluding hydrogens is 199 g/mol. The van der Waals surface area contributed by atoms with Gasteiger partial charge in [0.05, 0.1) is 10.1 Å². The van der Waals surface area contributed by atoms with Gasteiger partial charge >= 0.3 is 29.6 Å². The Labute approximate surface area is 103 Å². The molecule has 0 aliphatic rings. The van der Waals surface area contributed by atoms with Gasteiger partial charge in [0.25, 0.3) is 0 Å². The second-order valence-electron chi connectivity index (χ2n) is 2.90. The van der Waals surface area contributed by atoms with Crippen LogP contribution in [0.25, 0.3) is 0 Å². The van der Waals surface area contributed by atoms with Gasteiger partial charge in [0.15, 0.2) is 0 Å². The Kier molecular flexibility index (Phi) is 9.90. The predicted molar refractivity (Wildman–Crippen MR) is 47.8 cm³/mol. The molecule has 1 unspecified atom stereocenters. The molecule has 0 heterocycles. The van der Waals surface area contributed by atoms with Gasteiger partial charge in [0.1, 0.15) is 0 Å². The van der Waals surface area contributed by atoms with E-state index in [1.54, 1.807) is 6.08 Å². The summed E-state index contributed by atoms with van der Waals surface area (Å²) in [6, 6.07) is 0. The fraction of sp³-hybridized carbons (Fsp3) is 0.750. The normalized spacial score (nSPS) is 13.1. The molecule has 0 aromatic heterocycles. The molecule has 13 heavy (non-hydrogen) atoms. The molecule has 0 spiro atoms. The van der Waals surface area contributed by atoms with Crippen molar-refractivity contribution in [2.45, 2.75) is 26.2 Å². The topological polar surface area (TPSA) is 57.2 Å². The van der Waals surface area contributed by atoms with Crippen LogP contribution in [-0.2, 0) is 10.1 Å². The molecule has 0 rings (SSSR count).